The lowest BCUT2D eigenvalue weighted by atomic mass is 10.00. The first-order valence-electron chi connectivity index (χ1n) is 9.80. The van der Waals surface area contributed by atoms with Crippen molar-refractivity contribution in [2.75, 3.05) is 4.72 Å². The van der Waals surface area contributed by atoms with Crippen LogP contribution in [-0.2, 0) is 10.0 Å². The number of halogens is 1. The lowest BCUT2D eigenvalue weighted by Gasteiger charge is -2.28. The van der Waals surface area contributed by atoms with E-state index in [4.69, 9.17) is 16.3 Å². The lowest BCUT2D eigenvalue weighted by Crippen LogP contribution is -2.27. The van der Waals surface area contributed by atoms with Gasteiger partial charge in [0.25, 0.3) is 10.0 Å². The van der Waals surface area contributed by atoms with E-state index in [0.29, 0.717) is 28.3 Å². The van der Waals surface area contributed by atoms with Crippen molar-refractivity contribution in [2.45, 2.75) is 24.3 Å². The number of benzene rings is 3. The molecule has 6 nitrogen and oxygen atoms in total. The molecule has 32 heavy (non-hydrogen) atoms. The molecule has 2 N–H and O–H groups in total. The van der Waals surface area contributed by atoms with E-state index in [0.717, 1.165) is 0 Å². The molecule has 8 heteroatoms. The van der Waals surface area contributed by atoms with Crippen molar-refractivity contribution in [3.63, 3.8) is 0 Å². The third-order valence-electron chi connectivity index (χ3n) is 4.83. The number of rotatable bonds is 5. The fourth-order valence-electron chi connectivity index (χ4n) is 3.19. The predicted molar refractivity (Wildman–Crippen MR) is 128 cm³/mol. The normalized spacial score (nSPS) is 14.7. The number of aromatic hydroxyl groups is 1. The van der Waals surface area contributed by atoms with Gasteiger partial charge >= 0.3 is 0 Å². The molecule has 3 aromatic carbocycles. The van der Waals surface area contributed by atoms with E-state index >= 15 is 0 Å². The number of sulfonamides is 1. The van der Waals surface area contributed by atoms with Gasteiger partial charge in [-0.2, -0.15) is 0 Å². The van der Waals surface area contributed by atoms with Gasteiger partial charge in [-0.15, -0.1) is 0 Å². The molecule has 0 aromatic heterocycles. The Morgan fingerprint density at radius 1 is 1.06 bits per heavy atom. The van der Waals surface area contributed by atoms with Crippen LogP contribution >= 0.6 is 11.6 Å². The largest absolute Gasteiger partial charge is 0.506 e. The fourth-order valence-corrected chi connectivity index (χ4v) is 4.77. The summed E-state index contributed by atoms with van der Waals surface area (Å²) in [5.41, 5.74) is 1.70. The first-order chi connectivity index (χ1) is 15.1. The fraction of sp³-hybridized carbons (Fsp3) is 0.125. The van der Waals surface area contributed by atoms with Gasteiger partial charge < -0.3 is 9.84 Å². The Balaban J connectivity index is 1.51. The molecule has 0 amide bonds. The molecule has 3 aromatic rings. The van der Waals surface area contributed by atoms with Gasteiger partial charge in [0.2, 0.25) is 0 Å². The van der Waals surface area contributed by atoms with E-state index in [1.54, 1.807) is 54.7 Å². The van der Waals surface area contributed by atoms with Gasteiger partial charge in [0, 0.05) is 17.5 Å². The Bertz CT molecular complexity index is 1330. The average molecular weight is 469 g/mol. The van der Waals surface area contributed by atoms with E-state index < -0.39 is 15.6 Å². The smallest absolute Gasteiger partial charge is 0.263 e. The Morgan fingerprint density at radius 2 is 1.78 bits per heavy atom. The number of anilines is 1. The highest BCUT2D eigenvalue weighted by Crippen LogP contribution is 2.38. The lowest BCUT2D eigenvalue weighted by molar-refractivity contribution is 0.158. The maximum Gasteiger partial charge on any atom is 0.263 e. The predicted octanol–water partition coefficient (Wildman–Crippen LogP) is 5.78. The summed E-state index contributed by atoms with van der Waals surface area (Å²) in [6.07, 6.45) is 5.27. The van der Waals surface area contributed by atoms with Crippen LogP contribution in [-0.4, -0.2) is 25.3 Å². The van der Waals surface area contributed by atoms with Crippen molar-refractivity contribution in [2.24, 2.45) is 4.99 Å². The summed E-state index contributed by atoms with van der Waals surface area (Å²) < 4.78 is 33.4. The SMILES string of the molecule is CC1(C)C=Cc2c(ccc(/C=N/c3ccc(NS(=O)(=O)c4ccccc4Cl)cc3)c2O)O1. The molecule has 4 rings (SSSR count). The number of hydrogen-bond donors (Lipinski definition) is 2. The minimum atomic E-state index is -3.81. The molecule has 0 unspecified atom stereocenters. The second-order valence-corrected chi connectivity index (χ2v) is 9.85. The highest BCUT2D eigenvalue weighted by Gasteiger charge is 2.24. The standard InChI is InChI=1S/C24H21ClN2O4S/c1-24(2)14-13-19-21(31-24)12-7-16(23(19)28)15-26-17-8-10-18(11-9-17)27-32(29,30)22-6-4-3-5-20(22)25/h3-15,27-28H,1-2H3/b26-15+. The van der Waals surface area contributed by atoms with Crippen molar-refractivity contribution >= 4 is 45.3 Å². The third-order valence-corrected chi connectivity index (χ3v) is 6.71. The summed E-state index contributed by atoms with van der Waals surface area (Å²) >= 11 is 6.00. The Hall–Kier alpha value is -3.29. The van der Waals surface area contributed by atoms with Crippen LogP contribution in [0.4, 0.5) is 11.4 Å². The molecule has 1 aliphatic rings. The highest BCUT2D eigenvalue weighted by atomic mass is 35.5. The number of phenolic OH excluding ortho intramolecular Hbond substituents is 1. The molecule has 1 aliphatic heterocycles. The summed E-state index contributed by atoms with van der Waals surface area (Å²) in [6, 6.07) is 16.3. The van der Waals surface area contributed by atoms with Crippen LogP contribution < -0.4 is 9.46 Å². The summed E-state index contributed by atoms with van der Waals surface area (Å²) in [5, 5.41) is 10.7. The van der Waals surface area contributed by atoms with Crippen molar-refractivity contribution in [1.82, 2.24) is 0 Å². The molecule has 164 valence electrons. The Morgan fingerprint density at radius 3 is 2.50 bits per heavy atom. The van der Waals surface area contributed by atoms with Gasteiger partial charge in [-0.3, -0.25) is 9.71 Å². The third kappa shape index (κ3) is 4.64. The monoisotopic (exact) mass is 468 g/mol. The maximum absolute atomic E-state index is 12.5. The van der Waals surface area contributed by atoms with Crippen molar-refractivity contribution in [3.05, 3.63) is 82.9 Å². The minimum absolute atomic E-state index is 0.00747. The van der Waals surface area contributed by atoms with E-state index in [2.05, 4.69) is 9.71 Å². The molecule has 0 saturated carbocycles. The molecular weight excluding hydrogens is 448 g/mol. The molecule has 0 saturated heterocycles. The van der Waals surface area contributed by atoms with Crippen LogP contribution in [0.3, 0.4) is 0 Å². The molecule has 0 fully saturated rings. The van der Waals surface area contributed by atoms with Gasteiger partial charge in [0.05, 0.1) is 16.3 Å². The summed E-state index contributed by atoms with van der Waals surface area (Å²) in [4.78, 5) is 4.38. The highest BCUT2D eigenvalue weighted by molar-refractivity contribution is 7.92. The number of nitrogens with zero attached hydrogens (tertiary/aromatic N) is 1. The van der Waals surface area contributed by atoms with Crippen LogP contribution in [0.1, 0.15) is 25.0 Å². The Labute approximate surface area is 191 Å². The number of phenols is 1. The average Bonchev–Trinajstić information content (AvgIpc) is 2.73. The van der Waals surface area contributed by atoms with Crippen LogP contribution in [0.2, 0.25) is 5.02 Å². The molecule has 0 atom stereocenters. The van der Waals surface area contributed by atoms with Crippen LogP contribution in [0, 0.1) is 0 Å². The molecular formula is C24H21ClN2O4S. The van der Waals surface area contributed by atoms with Gasteiger partial charge in [-0.25, -0.2) is 8.42 Å². The first-order valence-corrected chi connectivity index (χ1v) is 11.7. The zero-order chi connectivity index (χ0) is 22.9. The number of nitrogens with one attached hydrogen (secondary N) is 1. The number of fused-ring (bicyclic) bond motifs is 1. The second-order valence-electron chi connectivity index (χ2n) is 7.80. The topological polar surface area (TPSA) is 88.0 Å². The molecule has 0 bridgehead atoms. The van der Waals surface area contributed by atoms with E-state index in [1.165, 1.54) is 12.1 Å². The summed E-state index contributed by atoms with van der Waals surface area (Å²) in [5.74, 6) is 0.699. The zero-order valence-corrected chi connectivity index (χ0v) is 19.0. The maximum atomic E-state index is 12.5. The quantitative estimate of drug-likeness (QED) is 0.464. The molecule has 0 aliphatic carbocycles. The number of aliphatic imine (C=N–C) groups is 1. The first kappa shape index (κ1) is 21.9. The van der Waals surface area contributed by atoms with Gasteiger partial charge in [0.1, 0.15) is 22.0 Å². The van der Waals surface area contributed by atoms with E-state index in [9.17, 15) is 13.5 Å². The van der Waals surface area contributed by atoms with Crippen LogP contribution in [0.15, 0.2) is 76.6 Å². The van der Waals surface area contributed by atoms with E-state index in [1.807, 2.05) is 26.0 Å². The molecule has 0 radical (unpaired) electrons. The van der Waals surface area contributed by atoms with E-state index in [-0.39, 0.29) is 15.7 Å². The van der Waals surface area contributed by atoms with Crippen LogP contribution in [0.25, 0.3) is 6.08 Å². The van der Waals surface area contributed by atoms with Crippen LogP contribution in [0.5, 0.6) is 11.5 Å². The van der Waals surface area contributed by atoms with Gasteiger partial charge in [-0.05, 0) is 74.5 Å². The molecule has 1 heterocycles. The van der Waals surface area contributed by atoms with Gasteiger partial charge in [0.15, 0.2) is 0 Å². The number of hydrogen-bond acceptors (Lipinski definition) is 5. The Kier molecular flexibility index (Phi) is 5.71. The second kappa shape index (κ2) is 8.33. The van der Waals surface area contributed by atoms with Crippen molar-refractivity contribution < 1.29 is 18.3 Å². The summed E-state index contributed by atoms with van der Waals surface area (Å²) in [7, 11) is -3.81. The van der Waals surface area contributed by atoms with Gasteiger partial charge in [-0.1, -0.05) is 23.7 Å². The molecule has 0 spiro atoms. The summed E-state index contributed by atoms with van der Waals surface area (Å²) in [6.45, 7) is 3.88. The number of ether oxygens (including phenoxy) is 1. The minimum Gasteiger partial charge on any atom is -0.506 e. The zero-order valence-electron chi connectivity index (χ0n) is 17.4. The van der Waals surface area contributed by atoms with Crippen molar-refractivity contribution in [1.29, 1.82) is 0 Å². The van der Waals surface area contributed by atoms with Crippen molar-refractivity contribution in [3.8, 4) is 11.5 Å².